The SMILES string of the molecule is CCCCCCCC(=O)SCC/C=C/C(C)CC(=O)NCC1(C)CC1. The number of hydrogen-bond acceptors (Lipinski definition) is 3. The Morgan fingerprint density at radius 3 is 2.60 bits per heavy atom. The van der Waals surface area contributed by atoms with Crippen LogP contribution in [0.4, 0.5) is 0 Å². The zero-order valence-corrected chi connectivity index (χ0v) is 17.3. The molecular weight excluding hydrogens is 330 g/mol. The molecule has 0 heterocycles. The van der Waals surface area contributed by atoms with Crippen LogP contribution in [0.1, 0.15) is 85.0 Å². The van der Waals surface area contributed by atoms with Gasteiger partial charge < -0.3 is 5.32 Å². The number of nitrogens with one attached hydrogen (secondary N) is 1. The van der Waals surface area contributed by atoms with Gasteiger partial charge in [0.05, 0.1) is 0 Å². The van der Waals surface area contributed by atoms with Gasteiger partial charge in [0, 0.05) is 25.1 Å². The highest BCUT2D eigenvalue weighted by atomic mass is 32.2. The molecule has 1 atom stereocenters. The van der Waals surface area contributed by atoms with Gasteiger partial charge in [0.1, 0.15) is 0 Å². The molecule has 0 bridgehead atoms. The number of allylic oxidation sites excluding steroid dienone is 2. The van der Waals surface area contributed by atoms with Gasteiger partial charge in [-0.2, -0.15) is 0 Å². The summed E-state index contributed by atoms with van der Waals surface area (Å²) in [6, 6.07) is 0. The predicted molar refractivity (Wildman–Crippen MR) is 109 cm³/mol. The third-order valence-electron chi connectivity index (χ3n) is 4.82. The third kappa shape index (κ3) is 12.3. The van der Waals surface area contributed by atoms with Gasteiger partial charge >= 0.3 is 0 Å². The summed E-state index contributed by atoms with van der Waals surface area (Å²) < 4.78 is 0. The molecule has 3 nitrogen and oxygen atoms in total. The Labute approximate surface area is 158 Å². The average Bonchev–Trinajstić information content (AvgIpc) is 3.30. The van der Waals surface area contributed by atoms with Crippen LogP contribution in [0.25, 0.3) is 0 Å². The Morgan fingerprint density at radius 1 is 1.20 bits per heavy atom. The lowest BCUT2D eigenvalue weighted by Crippen LogP contribution is -2.29. The summed E-state index contributed by atoms with van der Waals surface area (Å²) >= 11 is 1.45. The van der Waals surface area contributed by atoms with Gasteiger partial charge in [0.25, 0.3) is 0 Å². The molecule has 4 heteroatoms. The molecule has 1 unspecified atom stereocenters. The van der Waals surface area contributed by atoms with Crippen LogP contribution < -0.4 is 5.32 Å². The lowest BCUT2D eigenvalue weighted by molar-refractivity contribution is -0.121. The van der Waals surface area contributed by atoms with E-state index in [9.17, 15) is 9.59 Å². The Balaban J connectivity index is 1.98. The lowest BCUT2D eigenvalue weighted by atomic mass is 10.1. The minimum Gasteiger partial charge on any atom is -0.356 e. The number of hydrogen-bond donors (Lipinski definition) is 1. The summed E-state index contributed by atoms with van der Waals surface area (Å²) in [6.45, 7) is 7.32. The second-order valence-electron chi connectivity index (χ2n) is 7.87. The Kier molecular flexibility index (Phi) is 11.2. The van der Waals surface area contributed by atoms with Crippen LogP contribution in [0.15, 0.2) is 12.2 Å². The molecule has 1 aliphatic rings. The topological polar surface area (TPSA) is 46.2 Å². The highest BCUT2D eigenvalue weighted by Crippen LogP contribution is 2.44. The van der Waals surface area contributed by atoms with Crippen LogP contribution >= 0.6 is 11.8 Å². The summed E-state index contributed by atoms with van der Waals surface area (Å²) in [6.07, 6.45) is 14.8. The molecular formula is C21H37NO2S. The average molecular weight is 368 g/mol. The maximum atomic E-state index is 11.9. The fourth-order valence-corrected chi connectivity index (χ4v) is 3.42. The van der Waals surface area contributed by atoms with Crippen molar-refractivity contribution in [1.82, 2.24) is 5.32 Å². The van der Waals surface area contributed by atoms with Gasteiger partial charge in [-0.1, -0.05) is 70.4 Å². The molecule has 0 aromatic heterocycles. The van der Waals surface area contributed by atoms with Gasteiger partial charge in [-0.3, -0.25) is 9.59 Å². The van der Waals surface area contributed by atoms with Crippen LogP contribution in [-0.4, -0.2) is 23.3 Å². The smallest absolute Gasteiger partial charge is 0.220 e. The van der Waals surface area contributed by atoms with Gasteiger partial charge in [-0.25, -0.2) is 0 Å². The van der Waals surface area contributed by atoms with Crippen molar-refractivity contribution < 1.29 is 9.59 Å². The van der Waals surface area contributed by atoms with Gasteiger partial charge in [-0.05, 0) is 37.0 Å². The Hall–Kier alpha value is -0.770. The normalized spacial score (nSPS) is 16.8. The largest absolute Gasteiger partial charge is 0.356 e. The third-order valence-corrected chi connectivity index (χ3v) is 5.79. The zero-order valence-electron chi connectivity index (χ0n) is 16.4. The first-order valence-corrected chi connectivity index (χ1v) is 11.0. The molecule has 0 aromatic carbocycles. The van der Waals surface area contributed by atoms with Gasteiger partial charge in [0.2, 0.25) is 5.91 Å². The van der Waals surface area contributed by atoms with Crippen molar-refractivity contribution >= 4 is 22.8 Å². The van der Waals surface area contributed by atoms with E-state index in [1.165, 1.54) is 50.3 Å². The van der Waals surface area contributed by atoms with Crippen molar-refractivity contribution in [3.63, 3.8) is 0 Å². The minimum atomic E-state index is 0.151. The van der Waals surface area contributed by atoms with Crippen molar-refractivity contribution in [2.75, 3.05) is 12.3 Å². The summed E-state index contributed by atoms with van der Waals surface area (Å²) in [7, 11) is 0. The second-order valence-corrected chi connectivity index (χ2v) is 9.02. The highest BCUT2D eigenvalue weighted by molar-refractivity contribution is 8.13. The quantitative estimate of drug-likeness (QED) is 0.326. The van der Waals surface area contributed by atoms with Crippen molar-refractivity contribution in [2.45, 2.75) is 85.0 Å². The Bertz CT molecular complexity index is 430. The molecule has 1 rings (SSSR count). The molecule has 1 aliphatic carbocycles. The first-order chi connectivity index (χ1) is 11.9. The lowest BCUT2D eigenvalue weighted by Gasteiger charge is -2.11. The molecule has 0 spiro atoms. The number of amides is 1. The van der Waals surface area contributed by atoms with E-state index >= 15 is 0 Å². The molecule has 0 saturated heterocycles. The van der Waals surface area contributed by atoms with Crippen molar-refractivity contribution in [1.29, 1.82) is 0 Å². The van der Waals surface area contributed by atoms with E-state index in [2.05, 4.69) is 38.2 Å². The number of rotatable bonds is 14. The van der Waals surface area contributed by atoms with Crippen molar-refractivity contribution in [3.05, 3.63) is 12.2 Å². The molecule has 0 aliphatic heterocycles. The molecule has 0 radical (unpaired) electrons. The summed E-state index contributed by atoms with van der Waals surface area (Å²) in [5.74, 6) is 1.26. The van der Waals surface area contributed by atoms with E-state index in [-0.39, 0.29) is 11.8 Å². The minimum absolute atomic E-state index is 0.151. The first-order valence-electron chi connectivity index (χ1n) is 10.0. The summed E-state index contributed by atoms with van der Waals surface area (Å²) in [5, 5.41) is 3.37. The molecule has 1 amide bonds. The monoisotopic (exact) mass is 367 g/mol. The van der Waals surface area contributed by atoms with E-state index in [1.807, 2.05) is 0 Å². The maximum absolute atomic E-state index is 11.9. The van der Waals surface area contributed by atoms with Gasteiger partial charge in [0.15, 0.2) is 5.12 Å². The van der Waals surface area contributed by atoms with Crippen LogP contribution in [0.2, 0.25) is 0 Å². The Morgan fingerprint density at radius 2 is 1.92 bits per heavy atom. The molecule has 1 saturated carbocycles. The molecule has 1 fully saturated rings. The molecule has 0 aromatic rings. The fourth-order valence-electron chi connectivity index (χ4n) is 2.65. The molecule has 25 heavy (non-hydrogen) atoms. The second kappa shape index (κ2) is 12.6. The van der Waals surface area contributed by atoms with E-state index in [0.29, 0.717) is 23.4 Å². The molecule has 1 N–H and O–H groups in total. The van der Waals surface area contributed by atoms with E-state index in [4.69, 9.17) is 0 Å². The zero-order chi connectivity index (χ0) is 18.5. The maximum Gasteiger partial charge on any atom is 0.220 e. The number of unbranched alkanes of at least 4 members (excludes halogenated alkanes) is 4. The first kappa shape index (κ1) is 22.3. The highest BCUT2D eigenvalue weighted by Gasteiger charge is 2.37. The number of thioether (sulfide) groups is 1. The molecule has 144 valence electrons. The standard InChI is InChI=1S/C21H37NO2S/c1-4-5-6-7-8-12-20(24)25-15-10-9-11-18(2)16-19(23)22-17-21(3)13-14-21/h9,11,18H,4-8,10,12-17H2,1-3H3,(H,22,23)/b11-9+. The van der Waals surface area contributed by atoms with Crippen LogP contribution in [-0.2, 0) is 9.59 Å². The number of carbonyl (C=O) groups excluding carboxylic acids is 2. The van der Waals surface area contributed by atoms with Crippen LogP contribution in [0.5, 0.6) is 0 Å². The fraction of sp³-hybridized carbons (Fsp3) is 0.810. The van der Waals surface area contributed by atoms with E-state index in [1.54, 1.807) is 0 Å². The van der Waals surface area contributed by atoms with E-state index < -0.39 is 0 Å². The van der Waals surface area contributed by atoms with Gasteiger partial charge in [-0.15, -0.1) is 0 Å². The van der Waals surface area contributed by atoms with Crippen LogP contribution in [0.3, 0.4) is 0 Å². The summed E-state index contributed by atoms with van der Waals surface area (Å²) in [5.41, 5.74) is 0.370. The van der Waals surface area contributed by atoms with Crippen molar-refractivity contribution in [2.24, 2.45) is 11.3 Å². The summed E-state index contributed by atoms with van der Waals surface area (Å²) in [4.78, 5) is 23.6. The number of carbonyl (C=O) groups is 2. The van der Waals surface area contributed by atoms with E-state index in [0.717, 1.165) is 25.1 Å². The predicted octanol–water partition coefficient (Wildman–Crippen LogP) is 5.50. The van der Waals surface area contributed by atoms with Crippen molar-refractivity contribution in [3.8, 4) is 0 Å². The van der Waals surface area contributed by atoms with Crippen LogP contribution in [0, 0.1) is 11.3 Å².